The van der Waals surface area contributed by atoms with Crippen LogP contribution in [0.5, 0.6) is 0 Å². The quantitative estimate of drug-likeness (QED) is 0.854. The average molecular weight is 258 g/mol. The standard InChI is InChI=1S/C18H26O/c1-2-5-13-8-9-18(19)16(10-13)12-15-11-14-6-3-4-7-17(14)15/h3-4,6-7,13,15-16,18-19H,2,5,8-12H2,1H3. The van der Waals surface area contributed by atoms with E-state index < -0.39 is 0 Å². The lowest BCUT2D eigenvalue weighted by atomic mass is 9.68. The Labute approximate surface area is 117 Å². The predicted octanol–water partition coefficient (Wildman–Crippen LogP) is 4.29. The normalized spacial score (nSPS) is 33.6. The van der Waals surface area contributed by atoms with Gasteiger partial charge in [0.05, 0.1) is 6.10 Å². The summed E-state index contributed by atoms with van der Waals surface area (Å²) >= 11 is 0. The molecule has 1 N–H and O–H groups in total. The molecule has 4 unspecified atom stereocenters. The monoisotopic (exact) mass is 258 g/mol. The number of aliphatic hydroxyl groups excluding tert-OH is 1. The molecule has 1 aromatic rings. The fourth-order valence-corrected chi connectivity index (χ4v) is 4.21. The van der Waals surface area contributed by atoms with Gasteiger partial charge in [0, 0.05) is 0 Å². The highest BCUT2D eigenvalue weighted by Crippen LogP contribution is 2.43. The van der Waals surface area contributed by atoms with E-state index >= 15 is 0 Å². The molecule has 0 spiro atoms. The molecule has 1 aromatic carbocycles. The molecule has 104 valence electrons. The first-order valence-corrected chi connectivity index (χ1v) is 8.03. The van der Waals surface area contributed by atoms with Gasteiger partial charge >= 0.3 is 0 Å². The number of aliphatic hydroxyl groups is 1. The lowest BCUT2D eigenvalue weighted by Crippen LogP contribution is -2.32. The van der Waals surface area contributed by atoms with E-state index in [9.17, 15) is 5.11 Å². The summed E-state index contributed by atoms with van der Waals surface area (Å²) < 4.78 is 0. The number of hydrogen-bond acceptors (Lipinski definition) is 1. The van der Waals surface area contributed by atoms with E-state index in [1.807, 2.05) is 0 Å². The first kappa shape index (κ1) is 13.2. The van der Waals surface area contributed by atoms with Crippen LogP contribution in [0.2, 0.25) is 0 Å². The second-order valence-corrected chi connectivity index (χ2v) is 6.63. The third kappa shape index (κ3) is 2.72. The zero-order valence-corrected chi connectivity index (χ0v) is 12.0. The molecular formula is C18H26O. The minimum atomic E-state index is -0.0409. The van der Waals surface area contributed by atoms with Crippen LogP contribution in [0.3, 0.4) is 0 Å². The van der Waals surface area contributed by atoms with Crippen LogP contribution in [0.1, 0.15) is 62.5 Å². The molecule has 0 amide bonds. The van der Waals surface area contributed by atoms with Crippen molar-refractivity contribution in [3.63, 3.8) is 0 Å². The Kier molecular flexibility index (Phi) is 3.93. The largest absolute Gasteiger partial charge is 0.393 e. The van der Waals surface area contributed by atoms with Gasteiger partial charge in [-0.05, 0) is 61.0 Å². The van der Waals surface area contributed by atoms with E-state index in [4.69, 9.17) is 0 Å². The first-order chi connectivity index (χ1) is 9.28. The van der Waals surface area contributed by atoms with Crippen molar-refractivity contribution in [3.8, 4) is 0 Å². The third-order valence-electron chi connectivity index (χ3n) is 5.30. The molecule has 2 aliphatic carbocycles. The van der Waals surface area contributed by atoms with Crippen LogP contribution in [0.25, 0.3) is 0 Å². The zero-order valence-electron chi connectivity index (χ0n) is 12.0. The summed E-state index contributed by atoms with van der Waals surface area (Å²) in [5.41, 5.74) is 3.08. The number of rotatable bonds is 4. The number of hydrogen-bond donors (Lipinski definition) is 1. The molecule has 0 saturated heterocycles. The van der Waals surface area contributed by atoms with Gasteiger partial charge in [0.25, 0.3) is 0 Å². The molecule has 1 fully saturated rings. The van der Waals surface area contributed by atoms with Gasteiger partial charge in [0.15, 0.2) is 0 Å². The summed E-state index contributed by atoms with van der Waals surface area (Å²) in [6.45, 7) is 2.28. The van der Waals surface area contributed by atoms with Gasteiger partial charge in [-0.2, -0.15) is 0 Å². The predicted molar refractivity (Wildman–Crippen MR) is 79.2 cm³/mol. The Morgan fingerprint density at radius 1 is 1.21 bits per heavy atom. The van der Waals surface area contributed by atoms with Crippen LogP contribution in [0, 0.1) is 11.8 Å². The van der Waals surface area contributed by atoms with E-state index in [1.165, 1.54) is 44.1 Å². The minimum absolute atomic E-state index is 0.0409. The second-order valence-electron chi connectivity index (χ2n) is 6.63. The van der Waals surface area contributed by atoms with Crippen molar-refractivity contribution in [3.05, 3.63) is 35.4 Å². The van der Waals surface area contributed by atoms with Crippen molar-refractivity contribution in [1.29, 1.82) is 0 Å². The van der Waals surface area contributed by atoms with E-state index in [0.29, 0.717) is 5.92 Å². The average Bonchev–Trinajstić information content (AvgIpc) is 2.40. The van der Waals surface area contributed by atoms with E-state index in [1.54, 1.807) is 5.56 Å². The van der Waals surface area contributed by atoms with Gasteiger partial charge in [0.2, 0.25) is 0 Å². The lowest BCUT2D eigenvalue weighted by molar-refractivity contribution is 0.0371. The smallest absolute Gasteiger partial charge is 0.0568 e. The molecule has 0 aliphatic heterocycles. The van der Waals surface area contributed by atoms with Gasteiger partial charge < -0.3 is 5.11 Å². The molecule has 1 saturated carbocycles. The van der Waals surface area contributed by atoms with E-state index in [0.717, 1.165) is 18.3 Å². The van der Waals surface area contributed by atoms with Crippen LogP contribution in [-0.2, 0) is 6.42 Å². The molecule has 1 heteroatoms. The Morgan fingerprint density at radius 3 is 2.84 bits per heavy atom. The summed E-state index contributed by atoms with van der Waals surface area (Å²) in [7, 11) is 0. The fraction of sp³-hybridized carbons (Fsp3) is 0.667. The van der Waals surface area contributed by atoms with Gasteiger partial charge in [-0.1, -0.05) is 44.0 Å². The highest BCUT2D eigenvalue weighted by atomic mass is 16.3. The number of fused-ring (bicyclic) bond motifs is 1. The van der Waals surface area contributed by atoms with Crippen LogP contribution < -0.4 is 0 Å². The Hall–Kier alpha value is -0.820. The van der Waals surface area contributed by atoms with Gasteiger partial charge in [-0.15, -0.1) is 0 Å². The molecule has 0 heterocycles. The van der Waals surface area contributed by atoms with Crippen molar-refractivity contribution in [1.82, 2.24) is 0 Å². The van der Waals surface area contributed by atoms with E-state index in [-0.39, 0.29) is 6.10 Å². The molecule has 0 bridgehead atoms. The lowest BCUT2D eigenvalue weighted by Gasteiger charge is -2.38. The van der Waals surface area contributed by atoms with Crippen molar-refractivity contribution in [2.75, 3.05) is 0 Å². The maximum absolute atomic E-state index is 10.3. The molecule has 0 radical (unpaired) electrons. The number of benzene rings is 1. The van der Waals surface area contributed by atoms with Crippen molar-refractivity contribution < 1.29 is 5.11 Å². The van der Waals surface area contributed by atoms with Crippen LogP contribution in [0.15, 0.2) is 24.3 Å². The van der Waals surface area contributed by atoms with E-state index in [2.05, 4.69) is 31.2 Å². The molecule has 3 rings (SSSR count). The maximum atomic E-state index is 10.3. The van der Waals surface area contributed by atoms with Crippen molar-refractivity contribution in [2.24, 2.45) is 11.8 Å². The maximum Gasteiger partial charge on any atom is 0.0568 e. The van der Waals surface area contributed by atoms with Crippen LogP contribution in [-0.4, -0.2) is 11.2 Å². The van der Waals surface area contributed by atoms with Crippen LogP contribution >= 0.6 is 0 Å². The Bertz CT molecular complexity index is 425. The van der Waals surface area contributed by atoms with Gasteiger partial charge in [-0.3, -0.25) is 0 Å². The molecular weight excluding hydrogens is 232 g/mol. The summed E-state index contributed by atoms with van der Waals surface area (Å²) in [5.74, 6) is 2.13. The minimum Gasteiger partial charge on any atom is -0.393 e. The highest BCUT2D eigenvalue weighted by Gasteiger charge is 2.34. The zero-order chi connectivity index (χ0) is 13.2. The SMILES string of the molecule is CCCC1CCC(O)C(CC2Cc3ccccc32)C1. The van der Waals surface area contributed by atoms with Gasteiger partial charge in [-0.25, -0.2) is 0 Å². The third-order valence-corrected chi connectivity index (χ3v) is 5.30. The molecule has 4 atom stereocenters. The first-order valence-electron chi connectivity index (χ1n) is 8.03. The Balaban J connectivity index is 1.60. The fourth-order valence-electron chi connectivity index (χ4n) is 4.21. The van der Waals surface area contributed by atoms with Crippen molar-refractivity contribution in [2.45, 2.75) is 63.9 Å². The van der Waals surface area contributed by atoms with Gasteiger partial charge in [0.1, 0.15) is 0 Å². The molecule has 0 aromatic heterocycles. The summed E-state index contributed by atoms with van der Waals surface area (Å²) in [5, 5.41) is 10.3. The molecule has 1 nitrogen and oxygen atoms in total. The summed E-state index contributed by atoms with van der Waals surface area (Å²) in [6, 6.07) is 8.83. The second kappa shape index (κ2) is 5.66. The van der Waals surface area contributed by atoms with Crippen LogP contribution in [0.4, 0.5) is 0 Å². The Morgan fingerprint density at radius 2 is 2.05 bits per heavy atom. The molecule has 19 heavy (non-hydrogen) atoms. The topological polar surface area (TPSA) is 20.2 Å². The molecule has 2 aliphatic rings. The summed E-state index contributed by atoms with van der Waals surface area (Å²) in [4.78, 5) is 0. The summed E-state index contributed by atoms with van der Waals surface area (Å²) in [6.07, 6.45) is 8.57. The van der Waals surface area contributed by atoms with Crippen molar-refractivity contribution >= 4 is 0 Å². The highest BCUT2D eigenvalue weighted by molar-refractivity contribution is 5.39.